The van der Waals surface area contributed by atoms with Gasteiger partial charge in [0.1, 0.15) is 11.5 Å². The highest BCUT2D eigenvalue weighted by Gasteiger charge is 2.16. The highest BCUT2D eigenvalue weighted by atomic mass is 35.5. The maximum absolute atomic E-state index is 5.90. The number of halogens is 1. The van der Waals surface area contributed by atoms with E-state index in [1.54, 1.807) is 0 Å². The standard InChI is InChI=1S/C12H17ClN2O/c1-3-5-6-10(8-16-4-2)11-7-12(13)15-9-14-11/h3,5-6,9,11H,4,7-8H2,1-2H3/b5-3-,10-6+. The summed E-state index contributed by atoms with van der Waals surface area (Å²) >= 11 is 5.90. The van der Waals surface area contributed by atoms with Crippen LogP contribution >= 0.6 is 11.6 Å². The highest BCUT2D eigenvalue weighted by Crippen LogP contribution is 2.17. The first-order valence-electron chi connectivity index (χ1n) is 5.41. The van der Waals surface area contributed by atoms with E-state index in [1.807, 2.05) is 32.1 Å². The van der Waals surface area contributed by atoms with Crippen LogP contribution in [0.5, 0.6) is 0 Å². The molecule has 1 atom stereocenters. The van der Waals surface area contributed by atoms with Crippen LogP contribution in [0.25, 0.3) is 0 Å². The van der Waals surface area contributed by atoms with Crippen molar-refractivity contribution in [2.24, 2.45) is 9.98 Å². The molecule has 88 valence electrons. The van der Waals surface area contributed by atoms with E-state index in [1.165, 1.54) is 6.34 Å². The van der Waals surface area contributed by atoms with Crippen LogP contribution in [0.4, 0.5) is 0 Å². The predicted molar refractivity (Wildman–Crippen MR) is 69.6 cm³/mol. The van der Waals surface area contributed by atoms with Crippen LogP contribution in [-0.4, -0.2) is 30.8 Å². The summed E-state index contributed by atoms with van der Waals surface area (Å²) in [7, 11) is 0. The molecule has 16 heavy (non-hydrogen) atoms. The van der Waals surface area contributed by atoms with Crippen molar-refractivity contribution in [1.29, 1.82) is 0 Å². The van der Waals surface area contributed by atoms with Gasteiger partial charge < -0.3 is 4.74 Å². The lowest BCUT2D eigenvalue weighted by molar-refractivity contribution is 0.167. The van der Waals surface area contributed by atoms with Crippen molar-refractivity contribution in [3.05, 3.63) is 23.8 Å². The number of aliphatic imine (C=N–C) groups is 2. The third-order valence-electron chi connectivity index (χ3n) is 2.21. The molecule has 4 heteroatoms. The Morgan fingerprint density at radius 2 is 2.50 bits per heavy atom. The molecule has 0 spiro atoms. The van der Waals surface area contributed by atoms with E-state index < -0.39 is 0 Å². The summed E-state index contributed by atoms with van der Waals surface area (Å²) in [6.45, 7) is 5.25. The molecule has 1 rings (SSSR count). The van der Waals surface area contributed by atoms with Gasteiger partial charge in [-0.3, -0.25) is 4.99 Å². The minimum Gasteiger partial charge on any atom is -0.377 e. The molecule has 0 fully saturated rings. The summed E-state index contributed by atoms with van der Waals surface area (Å²) in [6, 6.07) is 0.0627. The molecule has 1 aliphatic rings. The second kappa shape index (κ2) is 7.36. The van der Waals surface area contributed by atoms with Crippen molar-refractivity contribution >= 4 is 23.1 Å². The summed E-state index contributed by atoms with van der Waals surface area (Å²) in [5.41, 5.74) is 1.13. The molecule has 0 aliphatic carbocycles. The fraction of sp³-hybridized carbons (Fsp3) is 0.500. The Balaban J connectivity index is 2.69. The smallest absolute Gasteiger partial charge is 0.112 e. The molecule has 0 saturated carbocycles. The van der Waals surface area contributed by atoms with Gasteiger partial charge in [-0.15, -0.1) is 0 Å². The van der Waals surface area contributed by atoms with Crippen LogP contribution in [-0.2, 0) is 4.74 Å². The van der Waals surface area contributed by atoms with E-state index in [-0.39, 0.29) is 6.04 Å². The van der Waals surface area contributed by atoms with E-state index in [2.05, 4.69) is 9.98 Å². The van der Waals surface area contributed by atoms with Gasteiger partial charge in [0.05, 0.1) is 12.6 Å². The van der Waals surface area contributed by atoms with Crippen molar-refractivity contribution in [2.75, 3.05) is 13.2 Å². The molecular formula is C12H17ClN2O. The van der Waals surface area contributed by atoms with Gasteiger partial charge in [0.15, 0.2) is 0 Å². The Hall–Kier alpha value is -0.930. The normalized spacial score (nSPS) is 21.6. The molecular weight excluding hydrogens is 224 g/mol. The van der Waals surface area contributed by atoms with Gasteiger partial charge in [-0.1, -0.05) is 29.8 Å². The number of hydrogen-bond donors (Lipinski definition) is 0. The zero-order valence-corrected chi connectivity index (χ0v) is 10.4. The molecule has 0 aromatic carbocycles. The van der Waals surface area contributed by atoms with Crippen molar-refractivity contribution in [2.45, 2.75) is 26.3 Å². The van der Waals surface area contributed by atoms with E-state index in [9.17, 15) is 0 Å². The van der Waals surface area contributed by atoms with Crippen molar-refractivity contribution in [3.8, 4) is 0 Å². The van der Waals surface area contributed by atoms with Gasteiger partial charge >= 0.3 is 0 Å². The second-order valence-corrected chi connectivity index (χ2v) is 3.83. The lowest BCUT2D eigenvalue weighted by Gasteiger charge is -2.17. The summed E-state index contributed by atoms with van der Waals surface area (Å²) < 4.78 is 5.42. The average Bonchev–Trinajstić information content (AvgIpc) is 2.29. The van der Waals surface area contributed by atoms with E-state index in [0.29, 0.717) is 24.8 Å². The Morgan fingerprint density at radius 3 is 3.12 bits per heavy atom. The quantitative estimate of drug-likeness (QED) is 0.681. The SMILES string of the molecule is C/C=C\C=C(/COCC)C1CC(Cl)=NC=N1. The van der Waals surface area contributed by atoms with Crippen LogP contribution in [0, 0.1) is 0 Å². The van der Waals surface area contributed by atoms with E-state index >= 15 is 0 Å². The third kappa shape index (κ3) is 4.29. The highest BCUT2D eigenvalue weighted by molar-refractivity contribution is 6.66. The zero-order chi connectivity index (χ0) is 11.8. The number of nitrogens with zero attached hydrogens (tertiary/aromatic N) is 2. The van der Waals surface area contributed by atoms with Crippen LogP contribution in [0.15, 0.2) is 33.8 Å². The molecule has 1 aliphatic heterocycles. The van der Waals surface area contributed by atoms with Crippen LogP contribution in [0.1, 0.15) is 20.3 Å². The van der Waals surface area contributed by atoms with Gasteiger partial charge in [-0.25, -0.2) is 4.99 Å². The van der Waals surface area contributed by atoms with Gasteiger partial charge in [0.25, 0.3) is 0 Å². The van der Waals surface area contributed by atoms with E-state index in [0.717, 1.165) is 5.57 Å². The lowest BCUT2D eigenvalue weighted by Crippen LogP contribution is -2.18. The van der Waals surface area contributed by atoms with Crippen molar-refractivity contribution in [1.82, 2.24) is 0 Å². The molecule has 3 nitrogen and oxygen atoms in total. The lowest BCUT2D eigenvalue weighted by atomic mass is 10.0. The van der Waals surface area contributed by atoms with Gasteiger partial charge in [0, 0.05) is 13.0 Å². The second-order valence-electron chi connectivity index (χ2n) is 3.39. The Morgan fingerprint density at radius 1 is 1.69 bits per heavy atom. The Bertz CT molecular complexity index is 332. The van der Waals surface area contributed by atoms with Gasteiger partial charge in [-0.2, -0.15) is 0 Å². The number of hydrogen-bond acceptors (Lipinski definition) is 3. The molecule has 0 aromatic heterocycles. The minimum atomic E-state index is 0.0627. The minimum absolute atomic E-state index is 0.0627. The van der Waals surface area contributed by atoms with Crippen molar-refractivity contribution in [3.63, 3.8) is 0 Å². The Kier molecular flexibility index (Phi) is 6.04. The largest absolute Gasteiger partial charge is 0.377 e. The monoisotopic (exact) mass is 240 g/mol. The first-order valence-corrected chi connectivity index (χ1v) is 5.79. The van der Waals surface area contributed by atoms with E-state index in [4.69, 9.17) is 16.3 Å². The molecule has 0 saturated heterocycles. The summed E-state index contributed by atoms with van der Waals surface area (Å²) in [5.74, 6) is 0. The molecule has 0 radical (unpaired) electrons. The topological polar surface area (TPSA) is 34.0 Å². The van der Waals surface area contributed by atoms with Crippen LogP contribution < -0.4 is 0 Å². The number of rotatable bonds is 5. The predicted octanol–water partition coefficient (Wildman–Crippen LogP) is 2.96. The third-order valence-corrected chi connectivity index (χ3v) is 2.46. The maximum atomic E-state index is 5.90. The summed E-state index contributed by atoms with van der Waals surface area (Å²) in [5, 5.41) is 0.600. The maximum Gasteiger partial charge on any atom is 0.112 e. The molecule has 1 heterocycles. The average molecular weight is 241 g/mol. The number of ether oxygens (including phenoxy) is 1. The fourth-order valence-corrected chi connectivity index (χ4v) is 1.55. The molecule has 0 N–H and O–H groups in total. The van der Waals surface area contributed by atoms with Crippen molar-refractivity contribution < 1.29 is 4.74 Å². The van der Waals surface area contributed by atoms with Gasteiger partial charge in [0.2, 0.25) is 0 Å². The van der Waals surface area contributed by atoms with Crippen LogP contribution in [0.3, 0.4) is 0 Å². The summed E-state index contributed by atoms with van der Waals surface area (Å²) in [6.07, 6.45) is 8.19. The molecule has 1 unspecified atom stereocenters. The molecule has 0 aromatic rings. The zero-order valence-electron chi connectivity index (χ0n) is 9.69. The first-order chi connectivity index (χ1) is 7.77. The molecule has 0 amide bonds. The Labute approximate surface area is 102 Å². The van der Waals surface area contributed by atoms with Gasteiger partial charge in [-0.05, 0) is 19.4 Å². The first kappa shape index (κ1) is 13.1. The summed E-state index contributed by atoms with van der Waals surface area (Å²) in [4.78, 5) is 8.23. The van der Waals surface area contributed by atoms with Crippen LogP contribution in [0.2, 0.25) is 0 Å². The molecule has 0 bridgehead atoms. The fourth-order valence-electron chi connectivity index (χ4n) is 1.36. The number of allylic oxidation sites excluding steroid dienone is 3.